The zero-order chi connectivity index (χ0) is 14.0. The molecule has 102 valence electrons. The number of aromatic nitrogens is 2. The van der Waals surface area contributed by atoms with Gasteiger partial charge in [0.15, 0.2) is 5.78 Å². The van der Waals surface area contributed by atoms with Crippen LogP contribution in [-0.4, -0.2) is 35.1 Å². The maximum Gasteiger partial charge on any atom is 0.411 e. The fourth-order valence-electron chi connectivity index (χ4n) is 1.55. The highest BCUT2D eigenvalue weighted by Crippen LogP contribution is 2.21. The fourth-order valence-corrected chi connectivity index (χ4v) is 1.88. The van der Waals surface area contributed by atoms with Crippen LogP contribution in [-0.2, 0) is 4.74 Å². The molecule has 8 heteroatoms. The summed E-state index contributed by atoms with van der Waals surface area (Å²) in [5.74, 6) is -0.532. The number of halogens is 4. The van der Waals surface area contributed by atoms with Gasteiger partial charge in [-0.3, -0.25) is 4.79 Å². The van der Waals surface area contributed by atoms with Crippen LogP contribution >= 0.6 is 15.9 Å². The molecule has 0 unspecified atom stereocenters. The second kappa shape index (κ2) is 5.30. The number of alkyl halides is 3. The number of carbonyl (C=O) groups is 1. The summed E-state index contributed by atoms with van der Waals surface area (Å²) in [4.78, 5) is 18.6. The van der Waals surface area contributed by atoms with Crippen molar-refractivity contribution in [2.45, 2.75) is 6.18 Å². The number of Topliss-reactive ketones (excluding diaryl/α,β-unsaturated/α-hetero) is 1. The molecule has 0 saturated heterocycles. The van der Waals surface area contributed by atoms with Crippen LogP contribution in [0.25, 0.3) is 11.0 Å². The van der Waals surface area contributed by atoms with E-state index in [-0.39, 0.29) is 5.56 Å². The van der Waals surface area contributed by atoms with Gasteiger partial charge in [0.05, 0.1) is 0 Å². The number of rotatable bonds is 4. The zero-order valence-corrected chi connectivity index (χ0v) is 11.0. The summed E-state index contributed by atoms with van der Waals surface area (Å²) in [5.41, 5.74) is 0.744. The van der Waals surface area contributed by atoms with E-state index in [1.165, 1.54) is 6.20 Å². The van der Waals surface area contributed by atoms with E-state index in [9.17, 15) is 18.0 Å². The topological polar surface area (TPSA) is 55.0 Å². The average molecular weight is 337 g/mol. The quantitative estimate of drug-likeness (QED) is 0.873. The van der Waals surface area contributed by atoms with Gasteiger partial charge in [0.1, 0.15) is 18.9 Å². The van der Waals surface area contributed by atoms with E-state index in [0.717, 1.165) is 0 Å². The molecule has 0 amide bonds. The van der Waals surface area contributed by atoms with Gasteiger partial charge in [-0.05, 0) is 22.0 Å². The smallest absolute Gasteiger partial charge is 0.364 e. The highest BCUT2D eigenvalue weighted by atomic mass is 79.9. The van der Waals surface area contributed by atoms with Gasteiger partial charge in [-0.15, -0.1) is 0 Å². The lowest BCUT2D eigenvalue weighted by Gasteiger charge is -2.06. The van der Waals surface area contributed by atoms with Crippen LogP contribution in [0.2, 0.25) is 0 Å². The number of carbonyl (C=O) groups excluding carboxylic acids is 1. The van der Waals surface area contributed by atoms with Crippen molar-refractivity contribution in [3.05, 3.63) is 28.5 Å². The lowest BCUT2D eigenvalue weighted by Crippen LogP contribution is -2.20. The number of fused-ring (bicyclic) bond motifs is 1. The molecule has 19 heavy (non-hydrogen) atoms. The lowest BCUT2D eigenvalue weighted by atomic mass is 10.1. The first-order valence-electron chi connectivity index (χ1n) is 5.17. The zero-order valence-electron chi connectivity index (χ0n) is 9.42. The average Bonchev–Trinajstić information content (AvgIpc) is 2.69. The van der Waals surface area contributed by atoms with Crippen molar-refractivity contribution in [3.63, 3.8) is 0 Å². The van der Waals surface area contributed by atoms with E-state index >= 15 is 0 Å². The summed E-state index contributed by atoms with van der Waals surface area (Å²) in [6, 6.07) is 1.66. The molecule has 0 aliphatic carbocycles. The molecule has 0 aliphatic rings. The summed E-state index contributed by atoms with van der Waals surface area (Å²) in [7, 11) is 0. The van der Waals surface area contributed by atoms with Crippen molar-refractivity contribution in [2.24, 2.45) is 0 Å². The number of aromatic amines is 1. The largest absolute Gasteiger partial charge is 0.411 e. The normalized spacial score (nSPS) is 12.0. The molecule has 0 saturated carbocycles. The Balaban J connectivity index is 2.11. The predicted octanol–water partition coefficient (Wildman–Crippen LogP) is 3.09. The number of nitrogens with zero attached hydrogens (tertiary/aromatic N) is 1. The Morgan fingerprint density at radius 1 is 1.47 bits per heavy atom. The van der Waals surface area contributed by atoms with E-state index < -0.39 is 25.2 Å². The maximum absolute atomic E-state index is 11.9. The SMILES string of the molecule is O=C(COCC(F)(F)F)c1c[nH]c2ncc(Br)cc12. The van der Waals surface area contributed by atoms with Crippen LogP contribution in [0.4, 0.5) is 13.2 Å². The molecule has 0 atom stereocenters. The van der Waals surface area contributed by atoms with E-state index in [1.807, 2.05) is 0 Å². The maximum atomic E-state index is 11.9. The summed E-state index contributed by atoms with van der Waals surface area (Å²) < 4.78 is 40.7. The Morgan fingerprint density at radius 2 is 2.21 bits per heavy atom. The summed E-state index contributed by atoms with van der Waals surface area (Å²) in [6.07, 6.45) is -1.48. The molecule has 0 radical (unpaired) electrons. The van der Waals surface area contributed by atoms with E-state index in [4.69, 9.17) is 0 Å². The Bertz CT molecular complexity index is 609. The van der Waals surface area contributed by atoms with Gasteiger partial charge in [-0.2, -0.15) is 13.2 Å². The number of ketones is 1. The molecule has 2 heterocycles. The van der Waals surface area contributed by atoms with Crippen molar-refractivity contribution in [1.29, 1.82) is 0 Å². The van der Waals surface area contributed by atoms with Crippen LogP contribution in [0.5, 0.6) is 0 Å². The van der Waals surface area contributed by atoms with Crippen molar-refractivity contribution in [3.8, 4) is 0 Å². The van der Waals surface area contributed by atoms with Crippen molar-refractivity contribution >= 4 is 32.7 Å². The monoisotopic (exact) mass is 336 g/mol. The number of hydrogen-bond acceptors (Lipinski definition) is 3. The van der Waals surface area contributed by atoms with Gasteiger partial charge in [0.25, 0.3) is 0 Å². The lowest BCUT2D eigenvalue weighted by molar-refractivity contribution is -0.170. The van der Waals surface area contributed by atoms with Crippen molar-refractivity contribution < 1.29 is 22.7 Å². The van der Waals surface area contributed by atoms with E-state index in [0.29, 0.717) is 15.5 Å². The number of hydrogen-bond donors (Lipinski definition) is 1. The Hall–Kier alpha value is -1.41. The third-order valence-electron chi connectivity index (χ3n) is 2.30. The van der Waals surface area contributed by atoms with Gasteiger partial charge in [-0.25, -0.2) is 4.98 Å². The van der Waals surface area contributed by atoms with Crippen LogP contribution in [0.15, 0.2) is 22.9 Å². The van der Waals surface area contributed by atoms with Gasteiger partial charge >= 0.3 is 6.18 Å². The van der Waals surface area contributed by atoms with Gasteiger partial charge in [0.2, 0.25) is 0 Å². The van der Waals surface area contributed by atoms with Gasteiger partial charge in [0, 0.05) is 27.8 Å². The van der Waals surface area contributed by atoms with E-state index in [2.05, 4.69) is 30.6 Å². The Morgan fingerprint density at radius 3 is 2.89 bits per heavy atom. The van der Waals surface area contributed by atoms with Crippen LogP contribution in [0, 0.1) is 0 Å². The second-order valence-corrected chi connectivity index (χ2v) is 4.70. The minimum atomic E-state index is -4.44. The van der Waals surface area contributed by atoms with Crippen LogP contribution in [0.1, 0.15) is 10.4 Å². The van der Waals surface area contributed by atoms with Crippen LogP contribution in [0.3, 0.4) is 0 Å². The molecule has 0 aromatic carbocycles. The molecule has 2 aromatic rings. The molecule has 2 rings (SSSR count). The number of nitrogens with one attached hydrogen (secondary N) is 1. The summed E-state index contributed by atoms with van der Waals surface area (Å²) >= 11 is 3.21. The van der Waals surface area contributed by atoms with Gasteiger partial charge in [-0.1, -0.05) is 0 Å². The van der Waals surface area contributed by atoms with Crippen LogP contribution < -0.4 is 0 Å². The van der Waals surface area contributed by atoms with E-state index in [1.54, 1.807) is 12.3 Å². The molecule has 0 spiro atoms. The molecule has 0 aliphatic heterocycles. The second-order valence-electron chi connectivity index (χ2n) is 3.78. The first-order chi connectivity index (χ1) is 8.87. The minimum Gasteiger partial charge on any atom is -0.364 e. The molecule has 2 aromatic heterocycles. The van der Waals surface area contributed by atoms with Crippen molar-refractivity contribution in [2.75, 3.05) is 13.2 Å². The van der Waals surface area contributed by atoms with Crippen molar-refractivity contribution in [1.82, 2.24) is 9.97 Å². The molecule has 4 nitrogen and oxygen atoms in total. The Labute approximate surface area is 114 Å². The number of pyridine rings is 1. The molecule has 1 N–H and O–H groups in total. The molecular weight excluding hydrogens is 329 g/mol. The number of H-pyrrole nitrogens is 1. The fraction of sp³-hybridized carbons (Fsp3) is 0.273. The molecule has 0 fully saturated rings. The first-order valence-corrected chi connectivity index (χ1v) is 5.96. The predicted molar refractivity (Wildman–Crippen MR) is 65.0 cm³/mol. The minimum absolute atomic E-state index is 0.256. The highest BCUT2D eigenvalue weighted by molar-refractivity contribution is 9.10. The summed E-state index contributed by atoms with van der Waals surface area (Å²) in [5, 5.41) is 0.537. The molecular formula is C11H8BrF3N2O2. The molecule has 0 bridgehead atoms. The highest BCUT2D eigenvalue weighted by Gasteiger charge is 2.28. The number of ether oxygens (including phenoxy) is 1. The van der Waals surface area contributed by atoms with Gasteiger partial charge < -0.3 is 9.72 Å². The first kappa shape index (κ1) is 14.0. The third kappa shape index (κ3) is 3.54. The summed E-state index contributed by atoms with van der Waals surface area (Å²) in [6.45, 7) is -2.07. The Kier molecular flexibility index (Phi) is 3.91. The standard InChI is InChI=1S/C11H8BrF3N2O2/c12-6-1-7-8(3-17-10(7)16-2-6)9(18)4-19-5-11(13,14)15/h1-3H,4-5H2,(H,16,17). The third-order valence-corrected chi connectivity index (χ3v) is 2.73.